The van der Waals surface area contributed by atoms with Crippen LogP contribution in [0.3, 0.4) is 0 Å². The first kappa shape index (κ1) is 12.8. The van der Waals surface area contributed by atoms with Crippen molar-refractivity contribution in [3.63, 3.8) is 0 Å². The molecule has 0 aliphatic carbocycles. The third-order valence-corrected chi connectivity index (χ3v) is 2.59. The Morgan fingerprint density at radius 2 is 2.39 bits per heavy atom. The maximum Gasteiger partial charge on any atom is 0.223 e. The molecular weight excluding hydrogens is 232 g/mol. The van der Waals surface area contributed by atoms with Crippen LogP contribution in [0.15, 0.2) is 22.9 Å². The first-order valence-electron chi connectivity index (χ1n) is 5.92. The molecule has 2 aromatic heterocycles. The number of aryl methyl sites for hydroxylation is 1. The molecule has 98 valence electrons. The summed E-state index contributed by atoms with van der Waals surface area (Å²) >= 11 is 0. The van der Waals surface area contributed by atoms with Gasteiger partial charge in [-0.25, -0.2) is 0 Å². The molecule has 2 aromatic rings. The number of ether oxygens (including phenoxy) is 1. The number of hydrogen-bond donors (Lipinski definition) is 1. The van der Waals surface area contributed by atoms with E-state index in [9.17, 15) is 0 Å². The largest absolute Gasteiger partial charge is 0.383 e. The van der Waals surface area contributed by atoms with Gasteiger partial charge in [0, 0.05) is 39.0 Å². The van der Waals surface area contributed by atoms with Crippen molar-refractivity contribution in [1.82, 2.24) is 20.0 Å². The Kier molecular flexibility index (Phi) is 4.49. The molecule has 2 rings (SSSR count). The Bertz CT molecular complexity index is 478. The minimum atomic E-state index is 0.594. The number of rotatable bonds is 7. The summed E-state index contributed by atoms with van der Waals surface area (Å²) in [6.45, 7) is 4.77. The molecular formula is C12H18N4O2. The van der Waals surface area contributed by atoms with E-state index in [1.54, 1.807) is 14.0 Å². The molecule has 1 N–H and O–H groups in total. The second kappa shape index (κ2) is 6.32. The fraction of sp³-hybridized carbons (Fsp3) is 0.500. The normalized spacial score (nSPS) is 11.0. The Morgan fingerprint density at radius 1 is 1.50 bits per heavy atom. The summed E-state index contributed by atoms with van der Waals surface area (Å²) in [6.07, 6.45) is 2.01. The molecule has 0 fully saturated rings. The van der Waals surface area contributed by atoms with E-state index in [0.29, 0.717) is 24.9 Å². The van der Waals surface area contributed by atoms with Gasteiger partial charge in [0.15, 0.2) is 5.82 Å². The lowest BCUT2D eigenvalue weighted by Gasteiger charge is -2.08. The molecule has 6 nitrogen and oxygen atoms in total. The van der Waals surface area contributed by atoms with Crippen LogP contribution < -0.4 is 5.32 Å². The molecule has 18 heavy (non-hydrogen) atoms. The Balaban J connectivity index is 1.91. The monoisotopic (exact) mass is 250 g/mol. The molecule has 0 bridgehead atoms. The van der Waals surface area contributed by atoms with Crippen LogP contribution in [0.25, 0.3) is 0 Å². The maximum absolute atomic E-state index is 4.99. The van der Waals surface area contributed by atoms with Crippen molar-refractivity contribution >= 4 is 0 Å². The smallest absolute Gasteiger partial charge is 0.223 e. The zero-order chi connectivity index (χ0) is 12.8. The minimum Gasteiger partial charge on any atom is -0.383 e. The fourth-order valence-electron chi connectivity index (χ4n) is 1.71. The lowest BCUT2D eigenvalue weighted by Crippen LogP contribution is -2.20. The zero-order valence-corrected chi connectivity index (χ0v) is 10.7. The van der Waals surface area contributed by atoms with Crippen LogP contribution in [0.5, 0.6) is 0 Å². The number of aromatic nitrogens is 3. The highest BCUT2D eigenvalue weighted by Gasteiger charge is 2.06. The van der Waals surface area contributed by atoms with E-state index in [-0.39, 0.29) is 0 Å². The number of methoxy groups -OCH3 is 1. The van der Waals surface area contributed by atoms with E-state index < -0.39 is 0 Å². The third-order valence-electron chi connectivity index (χ3n) is 2.59. The van der Waals surface area contributed by atoms with Gasteiger partial charge in [-0.15, -0.1) is 0 Å². The van der Waals surface area contributed by atoms with E-state index in [1.807, 2.05) is 12.3 Å². The molecule has 0 saturated carbocycles. The average molecular weight is 250 g/mol. The van der Waals surface area contributed by atoms with Gasteiger partial charge in [0.25, 0.3) is 0 Å². The van der Waals surface area contributed by atoms with Crippen molar-refractivity contribution in [3.8, 4) is 0 Å². The lowest BCUT2D eigenvalue weighted by atomic mass is 10.4. The molecule has 0 unspecified atom stereocenters. The summed E-state index contributed by atoms with van der Waals surface area (Å²) in [5, 5.41) is 7.20. The highest BCUT2D eigenvalue weighted by Crippen LogP contribution is 2.05. The quantitative estimate of drug-likeness (QED) is 0.742. The molecule has 0 saturated heterocycles. The molecule has 0 aromatic carbocycles. The Hall–Kier alpha value is -1.66. The third kappa shape index (κ3) is 3.41. The van der Waals surface area contributed by atoms with E-state index in [4.69, 9.17) is 9.26 Å². The SMILES string of the molecule is COCCNCc1cccn1Cc1noc(C)n1. The van der Waals surface area contributed by atoms with Crippen molar-refractivity contribution in [2.45, 2.75) is 20.0 Å². The topological polar surface area (TPSA) is 65.1 Å². The van der Waals surface area contributed by atoms with Crippen LogP contribution in [0, 0.1) is 6.92 Å². The lowest BCUT2D eigenvalue weighted by molar-refractivity contribution is 0.199. The van der Waals surface area contributed by atoms with Crippen LogP contribution in [0.1, 0.15) is 17.4 Å². The van der Waals surface area contributed by atoms with Crippen LogP contribution in [-0.2, 0) is 17.8 Å². The maximum atomic E-state index is 4.99. The molecule has 0 aliphatic heterocycles. The van der Waals surface area contributed by atoms with Crippen molar-refractivity contribution in [1.29, 1.82) is 0 Å². The number of hydrogen-bond acceptors (Lipinski definition) is 5. The second-order valence-electron chi connectivity index (χ2n) is 4.03. The van der Waals surface area contributed by atoms with Gasteiger partial charge < -0.3 is 19.1 Å². The van der Waals surface area contributed by atoms with Crippen LogP contribution in [0.4, 0.5) is 0 Å². The molecule has 0 aliphatic rings. The molecule has 0 atom stereocenters. The Labute approximate surface area is 106 Å². The summed E-state index contributed by atoms with van der Waals surface area (Å²) in [5.41, 5.74) is 1.19. The van der Waals surface area contributed by atoms with E-state index in [2.05, 4.69) is 26.1 Å². The molecule has 0 radical (unpaired) electrons. The van der Waals surface area contributed by atoms with E-state index in [0.717, 1.165) is 13.1 Å². The van der Waals surface area contributed by atoms with Crippen LogP contribution in [0.2, 0.25) is 0 Å². The van der Waals surface area contributed by atoms with Gasteiger partial charge in [-0.1, -0.05) is 5.16 Å². The van der Waals surface area contributed by atoms with Gasteiger partial charge in [-0.2, -0.15) is 4.98 Å². The number of nitrogens with one attached hydrogen (secondary N) is 1. The Morgan fingerprint density at radius 3 is 3.11 bits per heavy atom. The van der Waals surface area contributed by atoms with Gasteiger partial charge >= 0.3 is 0 Å². The van der Waals surface area contributed by atoms with Gasteiger partial charge in [-0.05, 0) is 12.1 Å². The molecule has 0 amide bonds. The van der Waals surface area contributed by atoms with Crippen LogP contribution >= 0.6 is 0 Å². The highest BCUT2D eigenvalue weighted by molar-refractivity contribution is 5.08. The van der Waals surface area contributed by atoms with E-state index in [1.165, 1.54) is 5.69 Å². The molecule has 0 spiro atoms. The van der Waals surface area contributed by atoms with Gasteiger partial charge in [0.2, 0.25) is 5.89 Å². The van der Waals surface area contributed by atoms with Crippen molar-refractivity contribution in [2.24, 2.45) is 0 Å². The molecule has 2 heterocycles. The predicted octanol–water partition coefficient (Wildman–Crippen LogP) is 0.964. The minimum absolute atomic E-state index is 0.594. The first-order valence-corrected chi connectivity index (χ1v) is 5.92. The summed E-state index contributed by atoms with van der Waals surface area (Å²) in [6, 6.07) is 4.09. The van der Waals surface area contributed by atoms with Gasteiger partial charge in [0.05, 0.1) is 13.2 Å². The summed E-state index contributed by atoms with van der Waals surface area (Å²) in [5.74, 6) is 1.29. The first-order chi connectivity index (χ1) is 8.79. The fourth-order valence-corrected chi connectivity index (χ4v) is 1.71. The summed E-state index contributed by atoms with van der Waals surface area (Å²) < 4.78 is 12.0. The van der Waals surface area contributed by atoms with Gasteiger partial charge in [0.1, 0.15) is 0 Å². The number of nitrogens with zero attached hydrogens (tertiary/aromatic N) is 3. The summed E-state index contributed by atoms with van der Waals surface area (Å²) in [4.78, 5) is 4.20. The molecule has 6 heteroatoms. The average Bonchev–Trinajstić information content (AvgIpc) is 2.95. The van der Waals surface area contributed by atoms with Crippen molar-refractivity contribution < 1.29 is 9.26 Å². The predicted molar refractivity (Wildman–Crippen MR) is 66.2 cm³/mol. The second-order valence-corrected chi connectivity index (χ2v) is 4.03. The van der Waals surface area contributed by atoms with E-state index >= 15 is 0 Å². The zero-order valence-electron chi connectivity index (χ0n) is 10.7. The summed E-state index contributed by atoms with van der Waals surface area (Å²) in [7, 11) is 1.70. The van der Waals surface area contributed by atoms with Crippen LogP contribution in [-0.4, -0.2) is 35.0 Å². The standard InChI is InChI=1S/C12H18N4O2/c1-10-14-12(15-18-10)9-16-6-3-4-11(16)8-13-5-7-17-2/h3-4,6,13H,5,7-9H2,1-2H3. The van der Waals surface area contributed by atoms with Gasteiger partial charge in [-0.3, -0.25) is 0 Å². The van der Waals surface area contributed by atoms with Crippen molar-refractivity contribution in [3.05, 3.63) is 35.7 Å². The highest BCUT2D eigenvalue weighted by atomic mass is 16.5. The van der Waals surface area contributed by atoms with Crippen molar-refractivity contribution in [2.75, 3.05) is 20.3 Å².